The highest BCUT2D eigenvalue weighted by Crippen LogP contribution is 2.31. The molecule has 1 unspecified atom stereocenters. The lowest BCUT2D eigenvalue weighted by atomic mass is 10.1. The van der Waals surface area contributed by atoms with Crippen molar-refractivity contribution in [3.05, 3.63) is 28.2 Å². The molecule has 1 nitrogen and oxygen atoms in total. The predicted molar refractivity (Wildman–Crippen MR) is 69.8 cm³/mol. The van der Waals surface area contributed by atoms with E-state index in [-0.39, 0.29) is 5.78 Å². The Balaban J connectivity index is 3.02. The van der Waals surface area contributed by atoms with Crippen LogP contribution in [0.3, 0.4) is 0 Å². The molecule has 0 aliphatic heterocycles. The maximum atomic E-state index is 11.4. The van der Waals surface area contributed by atoms with Crippen LogP contribution in [0.25, 0.3) is 0 Å². The lowest BCUT2D eigenvalue weighted by molar-refractivity contribution is 0.101. The zero-order valence-corrected chi connectivity index (χ0v) is 11.6. The number of ketones is 1. The average Bonchev–Trinajstić information content (AvgIpc) is 2.17. The predicted octanol–water partition coefficient (Wildman–Crippen LogP) is 4.54. The van der Waals surface area contributed by atoms with Crippen molar-refractivity contribution in [2.24, 2.45) is 0 Å². The van der Waals surface area contributed by atoms with Crippen molar-refractivity contribution in [3.8, 4) is 0 Å². The summed E-state index contributed by atoms with van der Waals surface area (Å²) >= 11 is 5.19. The third kappa shape index (κ3) is 3.65. The number of carbonyl (C=O) groups is 1. The molecule has 0 N–H and O–H groups in total. The van der Waals surface area contributed by atoms with Crippen LogP contribution in [0, 0.1) is 0 Å². The third-order valence-electron chi connectivity index (χ3n) is 2.23. The molecular weight excluding hydrogens is 272 g/mol. The van der Waals surface area contributed by atoms with E-state index in [4.69, 9.17) is 0 Å². The van der Waals surface area contributed by atoms with E-state index in [2.05, 4.69) is 29.8 Å². The monoisotopic (exact) mass is 286 g/mol. The number of rotatable bonds is 4. The highest BCUT2D eigenvalue weighted by atomic mass is 79.9. The van der Waals surface area contributed by atoms with Crippen molar-refractivity contribution in [2.45, 2.75) is 37.3 Å². The van der Waals surface area contributed by atoms with Crippen molar-refractivity contribution in [1.29, 1.82) is 0 Å². The first-order valence-corrected chi connectivity index (χ1v) is 6.69. The van der Waals surface area contributed by atoms with E-state index >= 15 is 0 Å². The van der Waals surface area contributed by atoms with Gasteiger partial charge in [0.15, 0.2) is 5.78 Å². The Hall–Kier alpha value is -0.280. The van der Waals surface area contributed by atoms with Gasteiger partial charge in [0.25, 0.3) is 0 Å². The molecule has 1 atom stereocenters. The summed E-state index contributed by atoms with van der Waals surface area (Å²) in [4.78, 5) is 12.5. The molecule has 1 aromatic carbocycles. The molecule has 82 valence electrons. The van der Waals surface area contributed by atoms with Crippen LogP contribution in [-0.2, 0) is 0 Å². The molecule has 0 aliphatic rings. The van der Waals surface area contributed by atoms with Gasteiger partial charge in [0.2, 0.25) is 0 Å². The smallest absolute Gasteiger partial charge is 0.160 e. The van der Waals surface area contributed by atoms with E-state index in [9.17, 15) is 4.79 Å². The lowest BCUT2D eigenvalue weighted by Crippen LogP contribution is -1.99. The second-order valence-electron chi connectivity index (χ2n) is 3.53. The maximum Gasteiger partial charge on any atom is 0.160 e. The van der Waals surface area contributed by atoms with Gasteiger partial charge in [-0.15, -0.1) is 11.8 Å². The van der Waals surface area contributed by atoms with Crippen LogP contribution in [0.2, 0.25) is 0 Å². The summed E-state index contributed by atoms with van der Waals surface area (Å²) in [7, 11) is 0. The van der Waals surface area contributed by atoms with Crippen LogP contribution in [-0.4, -0.2) is 11.0 Å². The van der Waals surface area contributed by atoms with Gasteiger partial charge in [-0.3, -0.25) is 4.79 Å². The fourth-order valence-corrected chi connectivity index (χ4v) is 2.83. The SMILES string of the molecule is CCC(C)Sc1cc(Br)ccc1C(C)=O. The Kier molecular flexibility index (Phi) is 4.87. The number of benzene rings is 1. The zero-order valence-electron chi connectivity index (χ0n) is 9.21. The first kappa shape index (κ1) is 12.8. The van der Waals surface area contributed by atoms with Gasteiger partial charge in [0.05, 0.1) is 0 Å². The van der Waals surface area contributed by atoms with Crippen LogP contribution >= 0.6 is 27.7 Å². The third-order valence-corrected chi connectivity index (χ3v) is 4.05. The Bertz CT molecular complexity index is 363. The van der Waals surface area contributed by atoms with Gasteiger partial charge in [0.1, 0.15) is 0 Å². The molecule has 1 rings (SSSR count). The molecule has 0 saturated heterocycles. The van der Waals surface area contributed by atoms with Gasteiger partial charge < -0.3 is 0 Å². The summed E-state index contributed by atoms with van der Waals surface area (Å²) in [5.41, 5.74) is 0.823. The summed E-state index contributed by atoms with van der Waals surface area (Å²) in [5.74, 6) is 0.133. The minimum Gasteiger partial charge on any atom is -0.294 e. The molecule has 15 heavy (non-hydrogen) atoms. The largest absolute Gasteiger partial charge is 0.294 e. The molecule has 0 radical (unpaired) electrons. The molecule has 0 aliphatic carbocycles. The highest BCUT2D eigenvalue weighted by molar-refractivity contribution is 9.10. The Labute approximate surface area is 104 Å². The first-order valence-electron chi connectivity index (χ1n) is 5.01. The summed E-state index contributed by atoms with van der Waals surface area (Å²) in [5, 5.41) is 0.539. The van der Waals surface area contributed by atoms with Gasteiger partial charge in [-0.1, -0.05) is 29.8 Å². The van der Waals surface area contributed by atoms with Crippen LogP contribution in [0.15, 0.2) is 27.6 Å². The minimum atomic E-state index is 0.133. The molecule has 1 aromatic rings. The molecule has 0 saturated carbocycles. The van der Waals surface area contributed by atoms with Crippen molar-refractivity contribution in [2.75, 3.05) is 0 Å². The summed E-state index contributed by atoms with van der Waals surface area (Å²) in [6, 6.07) is 5.82. The molecule has 3 heteroatoms. The number of carbonyl (C=O) groups excluding carboxylic acids is 1. The van der Waals surface area contributed by atoms with Crippen LogP contribution in [0.1, 0.15) is 37.6 Å². The molecular formula is C12H15BrOS. The van der Waals surface area contributed by atoms with E-state index in [1.165, 1.54) is 0 Å². The first-order chi connectivity index (χ1) is 7.04. The topological polar surface area (TPSA) is 17.1 Å². The van der Waals surface area contributed by atoms with Gasteiger partial charge >= 0.3 is 0 Å². The summed E-state index contributed by atoms with van der Waals surface area (Å²) in [6.07, 6.45) is 1.11. The molecule has 0 heterocycles. The average molecular weight is 287 g/mol. The van der Waals surface area contributed by atoms with E-state index in [0.29, 0.717) is 5.25 Å². The van der Waals surface area contributed by atoms with Gasteiger partial charge in [0, 0.05) is 20.2 Å². The van der Waals surface area contributed by atoms with Crippen molar-refractivity contribution in [1.82, 2.24) is 0 Å². The normalized spacial score (nSPS) is 12.5. The molecule has 0 amide bonds. The standard InChI is InChI=1S/C12H15BrOS/c1-4-8(2)15-12-7-10(13)5-6-11(12)9(3)14/h5-8H,4H2,1-3H3. The van der Waals surface area contributed by atoms with E-state index < -0.39 is 0 Å². The van der Waals surface area contributed by atoms with E-state index in [1.807, 2.05) is 18.2 Å². The second kappa shape index (κ2) is 5.71. The van der Waals surface area contributed by atoms with Crippen LogP contribution in [0.4, 0.5) is 0 Å². The molecule has 0 aromatic heterocycles. The fraction of sp³-hybridized carbons (Fsp3) is 0.417. The van der Waals surface area contributed by atoms with Crippen molar-refractivity contribution < 1.29 is 4.79 Å². The van der Waals surface area contributed by atoms with Crippen LogP contribution < -0.4 is 0 Å². The van der Waals surface area contributed by atoms with Crippen LogP contribution in [0.5, 0.6) is 0 Å². The Morgan fingerprint density at radius 2 is 2.20 bits per heavy atom. The maximum absolute atomic E-state index is 11.4. The minimum absolute atomic E-state index is 0.133. The number of hydrogen-bond acceptors (Lipinski definition) is 2. The lowest BCUT2D eigenvalue weighted by Gasteiger charge is -2.11. The van der Waals surface area contributed by atoms with E-state index in [0.717, 1.165) is 21.4 Å². The van der Waals surface area contributed by atoms with E-state index in [1.54, 1.807) is 18.7 Å². The quantitative estimate of drug-likeness (QED) is 0.597. The number of thioether (sulfide) groups is 1. The second-order valence-corrected chi connectivity index (χ2v) is 5.93. The van der Waals surface area contributed by atoms with Crippen molar-refractivity contribution >= 4 is 33.5 Å². The van der Waals surface area contributed by atoms with Gasteiger partial charge in [-0.2, -0.15) is 0 Å². The Morgan fingerprint density at radius 1 is 1.53 bits per heavy atom. The number of Topliss-reactive ketones (excluding diaryl/α,β-unsaturated/α-hetero) is 1. The number of halogens is 1. The molecule has 0 fully saturated rings. The number of hydrogen-bond donors (Lipinski definition) is 0. The summed E-state index contributed by atoms with van der Waals surface area (Å²) < 4.78 is 1.03. The fourth-order valence-electron chi connectivity index (χ4n) is 1.18. The highest BCUT2D eigenvalue weighted by Gasteiger charge is 2.10. The van der Waals surface area contributed by atoms with Gasteiger partial charge in [-0.05, 0) is 31.5 Å². The zero-order chi connectivity index (χ0) is 11.4. The van der Waals surface area contributed by atoms with Gasteiger partial charge in [-0.25, -0.2) is 0 Å². The molecule has 0 bridgehead atoms. The van der Waals surface area contributed by atoms with Crippen molar-refractivity contribution in [3.63, 3.8) is 0 Å². The molecule has 0 spiro atoms. The Morgan fingerprint density at radius 3 is 2.73 bits per heavy atom. The summed E-state index contributed by atoms with van der Waals surface area (Å²) in [6.45, 7) is 5.95.